The minimum Gasteiger partial charge on any atom is -0.316 e. The van der Waals surface area contributed by atoms with E-state index >= 15 is 0 Å². The third-order valence-electron chi connectivity index (χ3n) is 2.92. The number of aromatic nitrogens is 1. The number of pyridine rings is 1. The second-order valence-corrected chi connectivity index (χ2v) is 4.87. The van der Waals surface area contributed by atoms with E-state index in [2.05, 4.69) is 46.1 Å². The summed E-state index contributed by atoms with van der Waals surface area (Å²) in [5.74, 6) is 0.681. The summed E-state index contributed by atoms with van der Waals surface area (Å²) in [6.07, 6.45) is 4.06. The molecule has 0 saturated heterocycles. The van der Waals surface area contributed by atoms with E-state index in [0.29, 0.717) is 12.0 Å². The van der Waals surface area contributed by atoms with Gasteiger partial charge in [0.2, 0.25) is 0 Å². The summed E-state index contributed by atoms with van der Waals surface area (Å²) in [4.78, 5) is 4.40. The molecule has 0 spiro atoms. The predicted octanol–water partition coefficient (Wildman–Crippen LogP) is 3.02. The normalized spacial score (nSPS) is 14.9. The molecule has 1 aromatic rings. The van der Waals surface area contributed by atoms with Gasteiger partial charge in [-0.05, 0) is 41.0 Å². The van der Waals surface area contributed by atoms with Gasteiger partial charge in [-0.1, -0.05) is 20.3 Å². The van der Waals surface area contributed by atoms with Crippen LogP contribution < -0.4 is 5.32 Å². The Bertz CT molecular complexity index is 284. The molecular formula is C12H19BrN2. The average Bonchev–Trinajstić information content (AvgIpc) is 2.27. The topological polar surface area (TPSA) is 24.9 Å². The van der Waals surface area contributed by atoms with Crippen LogP contribution in [0.5, 0.6) is 0 Å². The SMILES string of the molecule is CCC(C)C(Cc1ccc(Br)cn1)NC. The highest BCUT2D eigenvalue weighted by Gasteiger charge is 2.14. The number of nitrogens with zero attached hydrogens (tertiary/aromatic N) is 1. The van der Waals surface area contributed by atoms with Crippen LogP contribution >= 0.6 is 15.9 Å². The summed E-state index contributed by atoms with van der Waals surface area (Å²) in [6.45, 7) is 4.50. The first-order valence-corrected chi connectivity index (χ1v) is 6.24. The van der Waals surface area contributed by atoms with Gasteiger partial charge in [-0.15, -0.1) is 0 Å². The number of rotatable bonds is 5. The van der Waals surface area contributed by atoms with Gasteiger partial charge in [0.25, 0.3) is 0 Å². The Kier molecular flexibility index (Phi) is 5.26. The Balaban J connectivity index is 2.62. The lowest BCUT2D eigenvalue weighted by Crippen LogP contribution is -2.34. The van der Waals surface area contributed by atoms with Crippen molar-refractivity contribution in [3.63, 3.8) is 0 Å². The molecule has 3 heteroatoms. The molecule has 0 aromatic carbocycles. The maximum atomic E-state index is 4.40. The van der Waals surface area contributed by atoms with Crippen LogP contribution in [0.25, 0.3) is 0 Å². The molecule has 1 aromatic heterocycles. The van der Waals surface area contributed by atoms with E-state index in [-0.39, 0.29) is 0 Å². The molecule has 0 fully saturated rings. The van der Waals surface area contributed by atoms with Crippen LogP contribution in [0.3, 0.4) is 0 Å². The van der Waals surface area contributed by atoms with E-state index in [1.807, 2.05) is 19.3 Å². The Hall–Kier alpha value is -0.410. The van der Waals surface area contributed by atoms with E-state index in [1.165, 1.54) is 6.42 Å². The van der Waals surface area contributed by atoms with Crippen molar-refractivity contribution >= 4 is 15.9 Å². The lowest BCUT2D eigenvalue weighted by Gasteiger charge is -2.21. The van der Waals surface area contributed by atoms with Gasteiger partial charge >= 0.3 is 0 Å². The average molecular weight is 271 g/mol. The molecule has 2 unspecified atom stereocenters. The van der Waals surface area contributed by atoms with Crippen molar-refractivity contribution in [2.75, 3.05) is 7.05 Å². The smallest absolute Gasteiger partial charge is 0.0420 e. The molecular weight excluding hydrogens is 252 g/mol. The van der Waals surface area contributed by atoms with Gasteiger partial charge in [-0.25, -0.2) is 0 Å². The van der Waals surface area contributed by atoms with E-state index < -0.39 is 0 Å². The van der Waals surface area contributed by atoms with Crippen molar-refractivity contribution in [1.29, 1.82) is 0 Å². The zero-order valence-electron chi connectivity index (χ0n) is 9.63. The van der Waals surface area contributed by atoms with E-state index in [9.17, 15) is 0 Å². The van der Waals surface area contributed by atoms with Gasteiger partial charge < -0.3 is 5.32 Å². The number of hydrogen-bond donors (Lipinski definition) is 1. The molecule has 0 aliphatic rings. The largest absolute Gasteiger partial charge is 0.316 e. The van der Waals surface area contributed by atoms with Gasteiger partial charge in [-0.2, -0.15) is 0 Å². The van der Waals surface area contributed by atoms with E-state index in [0.717, 1.165) is 16.6 Å². The second-order valence-electron chi connectivity index (χ2n) is 3.95. The van der Waals surface area contributed by atoms with Gasteiger partial charge in [0.05, 0.1) is 0 Å². The number of halogens is 1. The molecule has 2 atom stereocenters. The fourth-order valence-corrected chi connectivity index (χ4v) is 1.86. The molecule has 84 valence electrons. The molecule has 2 nitrogen and oxygen atoms in total. The first-order chi connectivity index (χ1) is 7.17. The zero-order valence-corrected chi connectivity index (χ0v) is 11.2. The molecule has 15 heavy (non-hydrogen) atoms. The van der Waals surface area contributed by atoms with Crippen LogP contribution in [0.15, 0.2) is 22.8 Å². The van der Waals surface area contributed by atoms with Crippen LogP contribution in [-0.2, 0) is 6.42 Å². The molecule has 0 saturated carbocycles. The van der Waals surface area contributed by atoms with Crippen LogP contribution in [0.1, 0.15) is 26.0 Å². The number of hydrogen-bond acceptors (Lipinski definition) is 2. The Labute approximate surface area is 101 Å². The minimum absolute atomic E-state index is 0.517. The molecule has 0 amide bonds. The molecule has 1 rings (SSSR count). The van der Waals surface area contributed by atoms with Crippen LogP contribution in [0.2, 0.25) is 0 Å². The van der Waals surface area contributed by atoms with Crippen molar-refractivity contribution in [1.82, 2.24) is 10.3 Å². The van der Waals surface area contributed by atoms with Crippen LogP contribution in [-0.4, -0.2) is 18.1 Å². The summed E-state index contributed by atoms with van der Waals surface area (Å²) in [5, 5.41) is 3.36. The summed E-state index contributed by atoms with van der Waals surface area (Å²) >= 11 is 3.39. The van der Waals surface area contributed by atoms with Gasteiger partial charge in [0.15, 0.2) is 0 Å². The quantitative estimate of drug-likeness (QED) is 0.890. The Morgan fingerprint density at radius 2 is 2.20 bits per heavy atom. The fourth-order valence-electron chi connectivity index (χ4n) is 1.62. The lowest BCUT2D eigenvalue weighted by atomic mass is 9.95. The summed E-state index contributed by atoms with van der Waals surface area (Å²) in [7, 11) is 2.02. The van der Waals surface area contributed by atoms with Crippen LogP contribution in [0.4, 0.5) is 0 Å². The van der Waals surface area contributed by atoms with Crippen molar-refractivity contribution in [2.45, 2.75) is 32.7 Å². The highest BCUT2D eigenvalue weighted by molar-refractivity contribution is 9.10. The minimum atomic E-state index is 0.517. The van der Waals surface area contributed by atoms with E-state index in [4.69, 9.17) is 0 Å². The second kappa shape index (κ2) is 6.23. The maximum absolute atomic E-state index is 4.40. The van der Waals surface area contributed by atoms with Crippen molar-refractivity contribution in [2.24, 2.45) is 5.92 Å². The highest BCUT2D eigenvalue weighted by atomic mass is 79.9. The van der Waals surface area contributed by atoms with E-state index in [1.54, 1.807) is 0 Å². The lowest BCUT2D eigenvalue weighted by molar-refractivity contribution is 0.384. The van der Waals surface area contributed by atoms with Gasteiger partial charge in [0, 0.05) is 28.8 Å². The molecule has 0 aliphatic carbocycles. The van der Waals surface area contributed by atoms with Crippen molar-refractivity contribution in [3.8, 4) is 0 Å². The summed E-state index contributed by atoms with van der Waals surface area (Å²) in [6, 6.07) is 4.64. The molecule has 0 aliphatic heterocycles. The summed E-state index contributed by atoms with van der Waals surface area (Å²) in [5.41, 5.74) is 1.15. The maximum Gasteiger partial charge on any atom is 0.0420 e. The zero-order chi connectivity index (χ0) is 11.3. The molecule has 0 bridgehead atoms. The van der Waals surface area contributed by atoms with Crippen molar-refractivity contribution in [3.05, 3.63) is 28.5 Å². The predicted molar refractivity (Wildman–Crippen MR) is 67.9 cm³/mol. The van der Waals surface area contributed by atoms with Crippen molar-refractivity contribution < 1.29 is 0 Å². The van der Waals surface area contributed by atoms with Gasteiger partial charge in [0.1, 0.15) is 0 Å². The number of nitrogens with one attached hydrogen (secondary N) is 1. The van der Waals surface area contributed by atoms with Crippen LogP contribution in [0, 0.1) is 5.92 Å². The first-order valence-electron chi connectivity index (χ1n) is 5.45. The first kappa shape index (κ1) is 12.7. The Morgan fingerprint density at radius 1 is 1.47 bits per heavy atom. The third kappa shape index (κ3) is 3.92. The highest BCUT2D eigenvalue weighted by Crippen LogP contribution is 2.13. The third-order valence-corrected chi connectivity index (χ3v) is 3.39. The standard InChI is InChI=1S/C12H19BrN2/c1-4-9(2)12(14-3)7-11-6-5-10(13)8-15-11/h5-6,8-9,12,14H,4,7H2,1-3H3. The number of likely N-dealkylation sites (N-methyl/N-ethyl adjacent to an activating group) is 1. The summed E-state index contributed by atoms with van der Waals surface area (Å²) < 4.78 is 1.04. The molecule has 0 radical (unpaired) electrons. The molecule has 1 N–H and O–H groups in total. The van der Waals surface area contributed by atoms with Gasteiger partial charge in [-0.3, -0.25) is 4.98 Å². The Morgan fingerprint density at radius 3 is 2.67 bits per heavy atom. The monoisotopic (exact) mass is 270 g/mol. The molecule has 1 heterocycles. The fraction of sp³-hybridized carbons (Fsp3) is 0.583.